The summed E-state index contributed by atoms with van der Waals surface area (Å²) in [6.45, 7) is 4.04. The number of rotatable bonds is 5. The van der Waals surface area contributed by atoms with E-state index < -0.39 is 5.97 Å². The van der Waals surface area contributed by atoms with Gasteiger partial charge in [-0.2, -0.15) is 0 Å². The van der Waals surface area contributed by atoms with Gasteiger partial charge < -0.3 is 14.2 Å². The van der Waals surface area contributed by atoms with E-state index in [0.717, 1.165) is 28.4 Å². The minimum absolute atomic E-state index is 0.0930. The number of aryl methyl sites for hydroxylation is 1. The van der Waals surface area contributed by atoms with E-state index in [-0.39, 0.29) is 23.7 Å². The minimum Gasteiger partial charge on any atom is -0.507 e. The average Bonchev–Trinajstić information content (AvgIpc) is 3.06. The van der Waals surface area contributed by atoms with Gasteiger partial charge in [-0.3, -0.25) is 4.79 Å². The van der Waals surface area contributed by atoms with Crippen molar-refractivity contribution in [2.45, 2.75) is 20.3 Å². The van der Waals surface area contributed by atoms with Gasteiger partial charge >= 0.3 is 5.97 Å². The number of carbonyl (C=O) groups excluding carboxylic acids is 2. The highest BCUT2D eigenvalue weighted by Gasteiger charge is 2.23. The number of pyridine rings is 1. The molecule has 146 valence electrons. The molecule has 5 heteroatoms. The minimum atomic E-state index is -0.463. The Hall–Kier alpha value is -3.60. The lowest BCUT2D eigenvalue weighted by atomic mass is 9.96. The molecule has 0 amide bonds. The van der Waals surface area contributed by atoms with Gasteiger partial charge in [0.15, 0.2) is 5.78 Å². The molecule has 0 aliphatic rings. The average molecular weight is 387 g/mol. The zero-order chi connectivity index (χ0) is 20.5. The van der Waals surface area contributed by atoms with E-state index in [1.54, 1.807) is 37.3 Å². The van der Waals surface area contributed by atoms with Gasteiger partial charge in [0, 0.05) is 22.7 Å². The van der Waals surface area contributed by atoms with Crippen LogP contribution < -0.4 is 0 Å². The number of fused-ring (bicyclic) bond motifs is 3. The number of hydrogen-bond acceptors (Lipinski definition) is 4. The third-order valence-corrected chi connectivity index (χ3v) is 5.11. The monoisotopic (exact) mass is 387 g/mol. The molecule has 0 saturated carbocycles. The van der Waals surface area contributed by atoms with Crippen LogP contribution in [0.5, 0.6) is 5.75 Å². The van der Waals surface area contributed by atoms with Gasteiger partial charge in [-0.15, -0.1) is 0 Å². The van der Waals surface area contributed by atoms with Crippen molar-refractivity contribution in [3.8, 4) is 5.75 Å². The number of aromatic nitrogens is 1. The fourth-order valence-corrected chi connectivity index (χ4v) is 3.84. The Balaban J connectivity index is 2.05. The lowest BCUT2D eigenvalue weighted by Gasteiger charge is -2.09. The standard InChI is InChI=1S/C24H21NO4/c1-3-16-19-10-7-8-12-25(19)20-14-15(13-18(22(16)20)24(28)29-4-2)23(27)17-9-5-6-11-21(17)26/h5-14,26H,3-4H2,1-2H3. The van der Waals surface area contributed by atoms with Crippen LogP contribution in [0.15, 0.2) is 60.8 Å². The number of esters is 1. The van der Waals surface area contributed by atoms with Gasteiger partial charge in [0.1, 0.15) is 5.75 Å². The molecule has 2 aromatic heterocycles. The van der Waals surface area contributed by atoms with Crippen LogP contribution in [0, 0.1) is 0 Å². The van der Waals surface area contributed by atoms with Crippen LogP contribution in [-0.2, 0) is 11.2 Å². The normalized spacial score (nSPS) is 11.1. The summed E-state index contributed by atoms with van der Waals surface area (Å²) in [7, 11) is 0. The first-order valence-electron chi connectivity index (χ1n) is 9.62. The fraction of sp³-hybridized carbons (Fsp3) is 0.167. The number of ether oxygens (including phenoxy) is 1. The molecular weight excluding hydrogens is 366 g/mol. The molecule has 4 rings (SSSR count). The van der Waals surface area contributed by atoms with Crippen molar-refractivity contribution in [1.29, 1.82) is 0 Å². The summed E-state index contributed by atoms with van der Waals surface area (Å²) in [5.74, 6) is -0.904. The Morgan fingerprint density at radius 3 is 2.45 bits per heavy atom. The van der Waals surface area contributed by atoms with Gasteiger partial charge in [-0.05, 0) is 55.3 Å². The Labute approximate surface area is 168 Å². The maximum absolute atomic E-state index is 13.1. The maximum Gasteiger partial charge on any atom is 0.338 e. The van der Waals surface area contributed by atoms with E-state index in [0.29, 0.717) is 11.1 Å². The second kappa shape index (κ2) is 7.43. The highest BCUT2D eigenvalue weighted by Crippen LogP contribution is 2.33. The first kappa shape index (κ1) is 18.7. The Morgan fingerprint density at radius 2 is 1.72 bits per heavy atom. The molecule has 5 nitrogen and oxygen atoms in total. The number of benzene rings is 2. The summed E-state index contributed by atoms with van der Waals surface area (Å²) >= 11 is 0. The van der Waals surface area contributed by atoms with E-state index in [9.17, 15) is 14.7 Å². The molecule has 0 atom stereocenters. The van der Waals surface area contributed by atoms with Crippen LogP contribution in [0.2, 0.25) is 0 Å². The van der Waals surface area contributed by atoms with Gasteiger partial charge in [0.2, 0.25) is 0 Å². The van der Waals surface area contributed by atoms with Crippen LogP contribution in [0.25, 0.3) is 16.4 Å². The lowest BCUT2D eigenvalue weighted by molar-refractivity contribution is 0.0528. The first-order chi connectivity index (χ1) is 14.1. The molecule has 29 heavy (non-hydrogen) atoms. The van der Waals surface area contributed by atoms with Gasteiger partial charge in [0.25, 0.3) is 0 Å². The molecule has 1 N–H and O–H groups in total. The fourth-order valence-electron chi connectivity index (χ4n) is 3.84. The third-order valence-electron chi connectivity index (χ3n) is 5.11. The second-order valence-electron chi connectivity index (χ2n) is 6.77. The van der Waals surface area contributed by atoms with E-state index in [1.165, 1.54) is 6.07 Å². The van der Waals surface area contributed by atoms with Crippen molar-refractivity contribution in [2.75, 3.05) is 6.61 Å². The first-order valence-corrected chi connectivity index (χ1v) is 9.62. The predicted octanol–water partition coefficient (Wildman–Crippen LogP) is 4.77. The van der Waals surface area contributed by atoms with E-state index in [1.807, 2.05) is 35.7 Å². The van der Waals surface area contributed by atoms with E-state index in [4.69, 9.17) is 4.74 Å². The number of phenolic OH excluding ortho intramolecular Hbond substituents is 1. The van der Waals surface area contributed by atoms with Crippen molar-refractivity contribution in [1.82, 2.24) is 4.40 Å². The zero-order valence-corrected chi connectivity index (χ0v) is 16.3. The molecule has 0 fully saturated rings. The second-order valence-corrected chi connectivity index (χ2v) is 6.77. The smallest absolute Gasteiger partial charge is 0.338 e. The van der Waals surface area contributed by atoms with Gasteiger partial charge in [0.05, 0.1) is 23.3 Å². The number of carbonyl (C=O) groups is 2. The molecule has 2 aromatic carbocycles. The number of para-hydroxylation sites is 1. The Bertz CT molecular complexity index is 1250. The summed E-state index contributed by atoms with van der Waals surface area (Å²) in [5, 5.41) is 10.9. The van der Waals surface area contributed by atoms with Crippen molar-refractivity contribution in [3.63, 3.8) is 0 Å². The number of nitrogens with zero attached hydrogens (tertiary/aromatic N) is 1. The number of hydrogen-bond donors (Lipinski definition) is 1. The molecule has 4 aromatic rings. The van der Waals surface area contributed by atoms with Crippen LogP contribution in [-0.4, -0.2) is 27.9 Å². The Morgan fingerprint density at radius 1 is 0.966 bits per heavy atom. The van der Waals surface area contributed by atoms with Crippen molar-refractivity contribution >= 4 is 28.2 Å². The van der Waals surface area contributed by atoms with E-state index in [2.05, 4.69) is 0 Å². The molecular formula is C24H21NO4. The summed E-state index contributed by atoms with van der Waals surface area (Å²) in [6, 6.07) is 15.6. The van der Waals surface area contributed by atoms with E-state index >= 15 is 0 Å². The van der Waals surface area contributed by atoms with Crippen molar-refractivity contribution in [3.05, 3.63) is 83.0 Å². The van der Waals surface area contributed by atoms with Crippen LogP contribution in [0.4, 0.5) is 0 Å². The molecule has 0 aliphatic carbocycles. The molecule has 0 saturated heterocycles. The zero-order valence-electron chi connectivity index (χ0n) is 16.3. The maximum atomic E-state index is 13.1. The van der Waals surface area contributed by atoms with Crippen LogP contribution in [0.1, 0.15) is 45.7 Å². The molecule has 0 unspecified atom stereocenters. The third kappa shape index (κ3) is 3.05. The van der Waals surface area contributed by atoms with Crippen molar-refractivity contribution < 1.29 is 19.4 Å². The van der Waals surface area contributed by atoms with Crippen LogP contribution in [0.3, 0.4) is 0 Å². The summed E-state index contributed by atoms with van der Waals surface area (Å²) in [5.41, 5.74) is 3.67. The highest BCUT2D eigenvalue weighted by atomic mass is 16.5. The van der Waals surface area contributed by atoms with Gasteiger partial charge in [-0.1, -0.05) is 25.1 Å². The van der Waals surface area contributed by atoms with Crippen molar-refractivity contribution in [2.24, 2.45) is 0 Å². The number of phenols is 1. The predicted molar refractivity (Wildman–Crippen MR) is 112 cm³/mol. The Kier molecular flexibility index (Phi) is 4.80. The molecule has 0 radical (unpaired) electrons. The number of aromatic hydroxyl groups is 1. The largest absolute Gasteiger partial charge is 0.507 e. The molecule has 0 spiro atoms. The summed E-state index contributed by atoms with van der Waals surface area (Å²) in [6.07, 6.45) is 2.65. The SMILES string of the molecule is CCOC(=O)c1cc(C(=O)c2ccccc2O)cc2c1c(CC)c1ccccn12. The lowest BCUT2D eigenvalue weighted by Crippen LogP contribution is -2.09. The van der Waals surface area contributed by atoms with Crippen LogP contribution >= 0.6 is 0 Å². The highest BCUT2D eigenvalue weighted by molar-refractivity contribution is 6.16. The van der Waals surface area contributed by atoms with Gasteiger partial charge in [-0.25, -0.2) is 4.79 Å². The molecule has 2 heterocycles. The topological polar surface area (TPSA) is 68.0 Å². The summed E-state index contributed by atoms with van der Waals surface area (Å²) in [4.78, 5) is 25.9. The quantitative estimate of drug-likeness (QED) is 0.396. The number of ketones is 1. The summed E-state index contributed by atoms with van der Waals surface area (Å²) < 4.78 is 7.27. The molecule has 0 bridgehead atoms. The molecule has 0 aliphatic heterocycles.